The van der Waals surface area contributed by atoms with Gasteiger partial charge >= 0.3 is 5.97 Å². The molecule has 0 saturated heterocycles. The number of carbonyl (C=O) groups excluding carboxylic acids is 1. The predicted molar refractivity (Wildman–Crippen MR) is 103 cm³/mol. The molecule has 0 atom stereocenters. The molecule has 0 radical (unpaired) electrons. The van der Waals surface area contributed by atoms with Gasteiger partial charge in [-0.25, -0.2) is 0 Å². The molecule has 25 heavy (non-hydrogen) atoms. The van der Waals surface area contributed by atoms with Crippen molar-refractivity contribution in [3.63, 3.8) is 0 Å². The SMILES string of the molecule is CCC[C@H]1CC[C@H]([C@H]2CC[C@H](C(=O)Oc3ccc(Cl)cc3)CC2)CC1. The van der Waals surface area contributed by atoms with Gasteiger partial charge in [0.05, 0.1) is 5.92 Å². The van der Waals surface area contributed by atoms with Crippen LogP contribution < -0.4 is 4.74 Å². The van der Waals surface area contributed by atoms with Crippen molar-refractivity contribution in [1.82, 2.24) is 0 Å². The van der Waals surface area contributed by atoms with Crippen LogP contribution in [0.4, 0.5) is 0 Å². The topological polar surface area (TPSA) is 26.3 Å². The van der Waals surface area contributed by atoms with Crippen molar-refractivity contribution in [2.45, 2.75) is 71.1 Å². The van der Waals surface area contributed by atoms with Gasteiger partial charge in [0.15, 0.2) is 0 Å². The van der Waals surface area contributed by atoms with Crippen LogP contribution in [0.1, 0.15) is 71.1 Å². The summed E-state index contributed by atoms with van der Waals surface area (Å²) in [5, 5.41) is 0.661. The summed E-state index contributed by atoms with van der Waals surface area (Å²) in [4.78, 5) is 12.4. The van der Waals surface area contributed by atoms with E-state index in [9.17, 15) is 4.79 Å². The van der Waals surface area contributed by atoms with Crippen LogP contribution in [-0.2, 0) is 4.79 Å². The molecule has 2 nitrogen and oxygen atoms in total. The molecule has 0 spiro atoms. The first-order chi connectivity index (χ1) is 12.2. The summed E-state index contributed by atoms with van der Waals surface area (Å²) in [5.74, 6) is 3.33. The number of hydrogen-bond acceptors (Lipinski definition) is 2. The molecule has 3 heteroatoms. The molecule has 138 valence electrons. The van der Waals surface area contributed by atoms with Gasteiger partial charge < -0.3 is 4.74 Å². The summed E-state index contributed by atoms with van der Waals surface area (Å²) < 4.78 is 5.53. The van der Waals surface area contributed by atoms with Crippen LogP contribution in [0.25, 0.3) is 0 Å². The summed E-state index contributed by atoms with van der Waals surface area (Å²) in [5.41, 5.74) is 0. The molecular weight excluding hydrogens is 332 g/mol. The molecule has 0 bridgehead atoms. The first kappa shape index (κ1) is 18.8. The summed E-state index contributed by atoms with van der Waals surface area (Å²) in [6, 6.07) is 7.05. The zero-order valence-corrected chi connectivity index (χ0v) is 16.1. The molecule has 2 fully saturated rings. The molecule has 0 aromatic heterocycles. The van der Waals surface area contributed by atoms with E-state index in [1.807, 2.05) is 0 Å². The van der Waals surface area contributed by atoms with Gasteiger partial charge in [-0.2, -0.15) is 0 Å². The highest BCUT2D eigenvalue weighted by Gasteiger charge is 2.33. The Morgan fingerprint density at radius 2 is 1.52 bits per heavy atom. The minimum Gasteiger partial charge on any atom is -0.426 e. The van der Waals surface area contributed by atoms with Crippen LogP contribution in [-0.4, -0.2) is 5.97 Å². The highest BCUT2D eigenvalue weighted by molar-refractivity contribution is 6.30. The van der Waals surface area contributed by atoms with Crippen molar-refractivity contribution in [1.29, 1.82) is 0 Å². The second-order valence-corrected chi connectivity index (χ2v) is 8.49. The fourth-order valence-electron chi connectivity index (χ4n) is 4.88. The minimum atomic E-state index is -0.0626. The van der Waals surface area contributed by atoms with Crippen LogP contribution in [0.5, 0.6) is 5.75 Å². The number of ether oxygens (including phenoxy) is 1. The van der Waals surface area contributed by atoms with Gasteiger partial charge in [0, 0.05) is 5.02 Å². The molecule has 2 saturated carbocycles. The summed E-state index contributed by atoms with van der Waals surface area (Å²) >= 11 is 5.87. The van der Waals surface area contributed by atoms with Crippen LogP contribution in [0.2, 0.25) is 5.02 Å². The average Bonchev–Trinajstić information content (AvgIpc) is 2.65. The Morgan fingerprint density at radius 1 is 0.960 bits per heavy atom. The zero-order chi connectivity index (χ0) is 17.6. The van der Waals surface area contributed by atoms with E-state index in [1.54, 1.807) is 24.3 Å². The highest BCUT2D eigenvalue weighted by Crippen LogP contribution is 2.42. The Kier molecular flexibility index (Phi) is 6.81. The molecule has 2 aliphatic rings. The number of esters is 1. The van der Waals surface area contributed by atoms with Crippen molar-refractivity contribution in [3.8, 4) is 5.75 Å². The van der Waals surface area contributed by atoms with Gasteiger partial charge in [-0.1, -0.05) is 44.2 Å². The first-order valence-electron chi connectivity index (χ1n) is 10.1. The second kappa shape index (κ2) is 9.07. The molecule has 1 aromatic carbocycles. The predicted octanol–water partition coefficient (Wildman–Crippen LogP) is 6.66. The fourth-order valence-corrected chi connectivity index (χ4v) is 5.01. The molecule has 0 aliphatic heterocycles. The van der Waals surface area contributed by atoms with Gasteiger partial charge in [-0.3, -0.25) is 4.79 Å². The molecule has 3 rings (SSSR count). The monoisotopic (exact) mass is 362 g/mol. The van der Waals surface area contributed by atoms with Crippen LogP contribution >= 0.6 is 11.6 Å². The Morgan fingerprint density at radius 3 is 2.08 bits per heavy atom. The third-order valence-corrected chi connectivity index (χ3v) is 6.64. The number of carbonyl (C=O) groups is 1. The quantitative estimate of drug-likeness (QED) is 0.432. The maximum Gasteiger partial charge on any atom is 0.314 e. The normalized spacial score (nSPS) is 30.0. The smallest absolute Gasteiger partial charge is 0.314 e. The Balaban J connectivity index is 1.42. The van der Waals surface area contributed by atoms with Gasteiger partial charge in [-0.15, -0.1) is 0 Å². The summed E-state index contributed by atoms with van der Waals surface area (Å²) in [7, 11) is 0. The number of halogens is 1. The van der Waals surface area contributed by atoms with Crippen molar-refractivity contribution < 1.29 is 9.53 Å². The van der Waals surface area contributed by atoms with E-state index in [2.05, 4.69) is 6.92 Å². The highest BCUT2D eigenvalue weighted by atomic mass is 35.5. The molecule has 2 aliphatic carbocycles. The lowest BCUT2D eigenvalue weighted by molar-refractivity contribution is -0.140. The lowest BCUT2D eigenvalue weighted by Crippen LogP contribution is -2.30. The molecule has 0 N–H and O–H groups in total. The van der Waals surface area contributed by atoms with E-state index in [1.165, 1.54) is 51.4 Å². The van der Waals surface area contributed by atoms with E-state index in [4.69, 9.17) is 16.3 Å². The van der Waals surface area contributed by atoms with Crippen LogP contribution in [0.15, 0.2) is 24.3 Å². The maximum atomic E-state index is 12.4. The van der Waals surface area contributed by atoms with Crippen molar-refractivity contribution >= 4 is 17.6 Å². The van der Waals surface area contributed by atoms with Crippen molar-refractivity contribution in [3.05, 3.63) is 29.3 Å². The second-order valence-electron chi connectivity index (χ2n) is 8.06. The first-order valence-corrected chi connectivity index (χ1v) is 10.5. The third kappa shape index (κ3) is 5.23. The number of rotatable bonds is 5. The average molecular weight is 363 g/mol. The maximum absolute atomic E-state index is 12.4. The van der Waals surface area contributed by atoms with Crippen molar-refractivity contribution in [2.24, 2.45) is 23.7 Å². The Hall–Kier alpha value is -1.02. The van der Waals surface area contributed by atoms with E-state index < -0.39 is 0 Å². The van der Waals surface area contributed by atoms with E-state index in [0.29, 0.717) is 10.8 Å². The lowest BCUT2D eigenvalue weighted by Gasteiger charge is -2.37. The Labute approximate surface area is 157 Å². The van der Waals surface area contributed by atoms with Crippen molar-refractivity contribution in [2.75, 3.05) is 0 Å². The van der Waals surface area contributed by atoms with Gasteiger partial charge in [0.25, 0.3) is 0 Å². The van der Waals surface area contributed by atoms with E-state index in [-0.39, 0.29) is 11.9 Å². The zero-order valence-electron chi connectivity index (χ0n) is 15.4. The van der Waals surface area contributed by atoms with E-state index in [0.717, 1.165) is 30.6 Å². The fraction of sp³-hybridized carbons (Fsp3) is 0.682. The Bertz CT molecular complexity index is 538. The van der Waals surface area contributed by atoms with Crippen LogP contribution in [0, 0.1) is 23.7 Å². The van der Waals surface area contributed by atoms with Gasteiger partial charge in [0.2, 0.25) is 0 Å². The van der Waals surface area contributed by atoms with Gasteiger partial charge in [-0.05, 0) is 80.5 Å². The van der Waals surface area contributed by atoms with Gasteiger partial charge in [0.1, 0.15) is 5.75 Å². The summed E-state index contributed by atoms with van der Waals surface area (Å²) in [6.07, 6.45) is 12.8. The molecular formula is C22H31ClO2. The van der Waals surface area contributed by atoms with E-state index >= 15 is 0 Å². The van der Waals surface area contributed by atoms with Crippen LogP contribution in [0.3, 0.4) is 0 Å². The molecule has 0 unspecified atom stereocenters. The minimum absolute atomic E-state index is 0.0626. The lowest BCUT2D eigenvalue weighted by atomic mass is 9.69. The number of benzene rings is 1. The standard InChI is InChI=1S/C22H31ClO2/c1-2-3-16-4-6-17(7-5-16)18-8-10-19(11-9-18)22(24)25-21-14-12-20(23)13-15-21/h12-19H,2-11H2,1H3/t16-,17-,18-,19-. The summed E-state index contributed by atoms with van der Waals surface area (Å²) in [6.45, 7) is 2.30. The third-order valence-electron chi connectivity index (χ3n) is 6.39. The molecule has 0 amide bonds. The molecule has 1 aromatic rings. The largest absolute Gasteiger partial charge is 0.426 e. The molecule has 0 heterocycles. The number of hydrogen-bond donors (Lipinski definition) is 0.